The minimum Gasteiger partial charge on any atom is -0.375 e. The van der Waals surface area contributed by atoms with Crippen molar-refractivity contribution in [3.8, 4) is 0 Å². The van der Waals surface area contributed by atoms with Crippen molar-refractivity contribution in [1.29, 1.82) is 0 Å². The van der Waals surface area contributed by atoms with Gasteiger partial charge in [0.25, 0.3) is 11.7 Å². The molecule has 4 heterocycles. The molecule has 0 spiro atoms. The first-order chi connectivity index (χ1) is 19.5. The minimum atomic E-state index is -4.63. The molecule has 0 radical (unpaired) electrons. The first-order valence-electron chi connectivity index (χ1n) is 12.3. The Bertz CT molecular complexity index is 1520. The van der Waals surface area contributed by atoms with Gasteiger partial charge in [0.1, 0.15) is 36.2 Å². The molecule has 1 saturated heterocycles. The monoisotopic (exact) mass is 574 g/mol. The number of quaternary nitrogens is 1. The van der Waals surface area contributed by atoms with Gasteiger partial charge < -0.3 is 19.7 Å². The number of rotatable bonds is 6. The van der Waals surface area contributed by atoms with Crippen LogP contribution in [0, 0.1) is 5.82 Å². The number of alkyl halides is 3. The maximum atomic E-state index is 15.5. The predicted molar refractivity (Wildman–Crippen MR) is 137 cm³/mol. The van der Waals surface area contributed by atoms with Gasteiger partial charge >= 0.3 is 6.18 Å². The van der Waals surface area contributed by atoms with E-state index in [1.807, 2.05) is 0 Å². The minimum absolute atomic E-state index is 0.0307. The summed E-state index contributed by atoms with van der Waals surface area (Å²) in [5, 5.41) is 2.24. The molecule has 3 aliphatic heterocycles. The van der Waals surface area contributed by atoms with Gasteiger partial charge in [-0.15, -0.1) is 4.59 Å². The lowest BCUT2D eigenvalue weighted by atomic mass is 10.1. The summed E-state index contributed by atoms with van der Waals surface area (Å²) >= 11 is 0. The zero-order valence-corrected chi connectivity index (χ0v) is 21.6. The third kappa shape index (κ3) is 5.52. The lowest BCUT2D eigenvalue weighted by molar-refractivity contribution is -0.750. The second kappa shape index (κ2) is 10.9. The maximum Gasteiger partial charge on any atom is 0.416 e. The number of nitrogens with one attached hydrogen (secondary N) is 1. The van der Waals surface area contributed by atoms with Gasteiger partial charge in [-0.3, -0.25) is 14.6 Å². The van der Waals surface area contributed by atoms with Crippen molar-refractivity contribution >= 4 is 29.7 Å². The number of nitrogens with zero attached hydrogens (tertiary/aromatic N) is 5. The average Bonchev–Trinajstić information content (AvgIpc) is 3.25. The van der Waals surface area contributed by atoms with Crippen LogP contribution in [0.25, 0.3) is 0 Å². The summed E-state index contributed by atoms with van der Waals surface area (Å²) in [6, 6.07) is 4.95. The number of anilines is 1. The standard InChI is InChI=1S/C26H23F4N7O4/c1-40-14-22(38)36-7-9-41-20(13-36)23-19-12-32-6-8-37(19,31)24(35-23)17-3-2-15(10-18(17)27)25(39)34-21-11-16(4-5-33-21)26(28,29)30/h2-6,8,10-12,20H,7,9,13-14,31H2,1H3/p+1/t20-,37?/m1/s1. The Morgan fingerprint density at radius 2 is 2.07 bits per heavy atom. The van der Waals surface area contributed by atoms with Crippen molar-refractivity contribution < 1.29 is 41.2 Å². The van der Waals surface area contributed by atoms with E-state index in [0.29, 0.717) is 24.0 Å². The second-order valence-corrected chi connectivity index (χ2v) is 9.27. The fourth-order valence-corrected chi connectivity index (χ4v) is 4.58. The number of aromatic nitrogens is 1. The number of amides is 2. The number of nitrogens with two attached hydrogens (primary N) is 1. The molecule has 11 nitrogen and oxygen atoms in total. The van der Waals surface area contributed by atoms with E-state index < -0.39 is 34.2 Å². The lowest BCUT2D eigenvalue weighted by Crippen LogP contribution is -2.53. The van der Waals surface area contributed by atoms with Gasteiger partial charge in [-0.1, -0.05) is 0 Å². The molecule has 1 unspecified atom stereocenters. The number of aliphatic imine (C=N–C) groups is 2. The zero-order valence-electron chi connectivity index (χ0n) is 21.6. The summed E-state index contributed by atoms with van der Waals surface area (Å²) in [6.45, 7) is 0.671. The van der Waals surface area contributed by atoms with Gasteiger partial charge in [-0.05, 0) is 30.3 Å². The molecule has 3 aliphatic rings. The molecule has 41 heavy (non-hydrogen) atoms. The molecule has 1 aromatic carbocycles. The normalized spacial score (nSPS) is 22.0. The number of ether oxygens (including phenoxy) is 2. The van der Waals surface area contributed by atoms with Gasteiger partial charge in [0.15, 0.2) is 0 Å². The Morgan fingerprint density at radius 3 is 2.80 bits per heavy atom. The molecule has 2 amide bonds. The van der Waals surface area contributed by atoms with Crippen LogP contribution in [0.5, 0.6) is 0 Å². The number of amidine groups is 1. The Labute approximate surface area is 230 Å². The Morgan fingerprint density at radius 1 is 1.27 bits per heavy atom. The summed E-state index contributed by atoms with van der Waals surface area (Å²) in [6.07, 6.45) is 0.0117. The van der Waals surface area contributed by atoms with E-state index in [1.165, 1.54) is 37.9 Å². The number of carbonyl (C=O) groups is 2. The van der Waals surface area contributed by atoms with Crippen LogP contribution in [0.2, 0.25) is 0 Å². The summed E-state index contributed by atoms with van der Waals surface area (Å²) in [5.74, 6) is 4.45. The van der Waals surface area contributed by atoms with Crippen molar-refractivity contribution in [2.75, 3.05) is 38.7 Å². The number of benzene rings is 1. The molecule has 3 N–H and O–H groups in total. The summed E-state index contributed by atoms with van der Waals surface area (Å²) < 4.78 is 64.8. The van der Waals surface area contributed by atoms with E-state index in [9.17, 15) is 22.8 Å². The third-order valence-corrected chi connectivity index (χ3v) is 6.62. The molecule has 0 aliphatic carbocycles. The van der Waals surface area contributed by atoms with Crippen molar-refractivity contribution in [1.82, 2.24) is 9.88 Å². The van der Waals surface area contributed by atoms with Crippen LogP contribution in [-0.4, -0.2) is 77.9 Å². The molecule has 0 bridgehead atoms. The van der Waals surface area contributed by atoms with E-state index in [1.54, 1.807) is 4.90 Å². The summed E-state index contributed by atoms with van der Waals surface area (Å²) in [4.78, 5) is 39.1. The van der Waals surface area contributed by atoms with Gasteiger partial charge in [-0.2, -0.15) is 24.0 Å². The van der Waals surface area contributed by atoms with Crippen molar-refractivity contribution in [3.63, 3.8) is 0 Å². The van der Waals surface area contributed by atoms with Crippen LogP contribution < -0.4 is 11.2 Å². The number of hydrogen-bond donors (Lipinski definition) is 2. The first-order valence-corrected chi connectivity index (χ1v) is 12.3. The maximum absolute atomic E-state index is 15.5. The molecule has 1 fully saturated rings. The zero-order chi connectivity index (χ0) is 29.4. The van der Waals surface area contributed by atoms with E-state index in [2.05, 4.69) is 20.3 Å². The molecule has 2 atom stereocenters. The van der Waals surface area contributed by atoms with Crippen LogP contribution in [0.15, 0.2) is 70.3 Å². The number of morpholine rings is 1. The number of pyridine rings is 1. The number of hydrogen-bond acceptors (Lipinski definition) is 8. The largest absolute Gasteiger partial charge is 0.416 e. The highest BCUT2D eigenvalue weighted by Crippen LogP contribution is 2.35. The molecular weight excluding hydrogens is 550 g/mol. The number of allylic oxidation sites excluding steroid dienone is 1. The molecule has 5 rings (SSSR count). The van der Waals surface area contributed by atoms with Crippen molar-refractivity contribution in [2.45, 2.75) is 12.3 Å². The van der Waals surface area contributed by atoms with E-state index >= 15 is 4.39 Å². The topological polar surface area (TPSA) is 132 Å². The quantitative estimate of drug-likeness (QED) is 0.310. The molecular formula is C26H24F4N7O4+. The van der Waals surface area contributed by atoms with Crippen molar-refractivity contribution in [2.24, 2.45) is 15.8 Å². The SMILES string of the molecule is COCC(=O)N1CCO[C@@H](C2=C3C=NC=C[N+]3(N)C(c3ccc(C(=O)Nc4cc(C(F)(F)F)ccn4)cc3F)=N2)C1. The molecule has 2 aromatic rings. The van der Waals surface area contributed by atoms with Crippen LogP contribution in [0.1, 0.15) is 21.5 Å². The van der Waals surface area contributed by atoms with Crippen molar-refractivity contribution in [3.05, 3.63) is 82.8 Å². The predicted octanol–water partition coefficient (Wildman–Crippen LogP) is 2.58. The van der Waals surface area contributed by atoms with Crippen LogP contribution in [-0.2, 0) is 20.4 Å². The van der Waals surface area contributed by atoms with Crippen LogP contribution >= 0.6 is 0 Å². The Hall–Kier alpha value is -4.31. The van der Waals surface area contributed by atoms with Gasteiger partial charge in [0.05, 0.1) is 36.7 Å². The highest BCUT2D eigenvalue weighted by Gasteiger charge is 2.48. The molecule has 214 valence electrons. The van der Waals surface area contributed by atoms with Gasteiger partial charge in [-0.25, -0.2) is 9.37 Å². The summed E-state index contributed by atoms with van der Waals surface area (Å²) in [5.41, 5.74) is -0.421. The van der Waals surface area contributed by atoms with Gasteiger partial charge in [0, 0.05) is 25.4 Å². The number of fused-ring (bicyclic) bond motifs is 1. The Kier molecular flexibility index (Phi) is 7.52. The van der Waals surface area contributed by atoms with E-state index in [0.717, 1.165) is 18.3 Å². The smallest absolute Gasteiger partial charge is 0.375 e. The highest BCUT2D eigenvalue weighted by molar-refractivity contribution is 6.05. The molecule has 0 saturated carbocycles. The van der Waals surface area contributed by atoms with Crippen LogP contribution in [0.3, 0.4) is 0 Å². The molecule has 1 aromatic heterocycles. The lowest BCUT2D eigenvalue weighted by Gasteiger charge is -2.32. The van der Waals surface area contributed by atoms with E-state index in [4.69, 9.17) is 15.3 Å². The van der Waals surface area contributed by atoms with Gasteiger partial charge in [0.2, 0.25) is 11.6 Å². The second-order valence-electron chi connectivity index (χ2n) is 9.27. The average molecular weight is 575 g/mol. The first kappa shape index (κ1) is 28.2. The third-order valence-electron chi connectivity index (χ3n) is 6.62. The number of carbonyl (C=O) groups excluding carboxylic acids is 2. The summed E-state index contributed by atoms with van der Waals surface area (Å²) in [7, 11) is 1.42. The molecule has 15 heteroatoms. The number of methoxy groups -OCH3 is 1. The Balaban J connectivity index is 1.41. The fraction of sp³-hybridized carbons (Fsp3) is 0.269. The fourth-order valence-electron chi connectivity index (χ4n) is 4.58. The number of halogens is 4. The van der Waals surface area contributed by atoms with Crippen LogP contribution in [0.4, 0.5) is 23.4 Å². The highest BCUT2D eigenvalue weighted by atomic mass is 19.4. The van der Waals surface area contributed by atoms with E-state index in [-0.39, 0.29) is 48.4 Å².